The monoisotopic (exact) mass is 244 g/mol. The lowest BCUT2D eigenvalue weighted by atomic mass is 10.00. The van der Waals surface area contributed by atoms with Gasteiger partial charge in [-0.2, -0.15) is 0 Å². The molecule has 0 bridgehead atoms. The first-order valence-electron chi connectivity index (χ1n) is 6.79. The molecule has 0 aromatic carbocycles. The van der Waals surface area contributed by atoms with Gasteiger partial charge in [0.15, 0.2) is 0 Å². The van der Waals surface area contributed by atoms with E-state index in [2.05, 4.69) is 17.3 Å². The summed E-state index contributed by atoms with van der Waals surface area (Å²) in [4.78, 5) is 2.45. The van der Waals surface area contributed by atoms with E-state index in [4.69, 9.17) is 9.47 Å². The highest BCUT2D eigenvalue weighted by Gasteiger charge is 2.15. The molecule has 4 heteroatoms. The summed E-state index contributed by atoms with van der Waals surface area (Å²) in [6, 6.07) is 0. The Morgan fingerprint density at radius 2 is 2.06 bits per heavy atom. The van der Waals surface area contributed by atoms with E-state index in [0.717, 1.165) is 38.8 Å². The van der Waals surface area contributed by atoms with Crippen LogP contribution in [0.25, 0.3) is 0 Å². The molecule has 1 fully saturated rings. The van der Waals surface area contributed by atoms with Crippen molar-refractivity contribution < 1.29 is 9.47 Å². The van der Waals surface area contributed by atoms with Crippen LogP contribution in [0, 0.1) is 5.92 Å². The van der Waals surface area contributed by atoms with Gasteiger partial charge in [0, 0.05) is 33.4 Å². The van der Waals surface area contributed by atoms with Crippen LogP contribution in [-0.2, 0) is 9.47 Å². The zero-order valence-electron chi connectivity index (χ0n) is 11.4. The smallest absolute Gasteiger partial charge is 0.0587 e. The second kappa shape index (κ2) is 9.83. The molecule has 4 nitrogen and oxygen atoms in total. The van der Waals surface area contributed by atoms with Gasteiger partial charge in [0.1, 0.15) is 0 Å². The Kier molecular flexibility index (Phi) is 8.61. The maximum Gasteiger partial charge on any atom is 0.0587 e. The molecule has 1 rings (SSSR count). The molecule has 1 aliphatic rings. The second-order valence-electron chi connectivity index (χ2n) is 4.91. The maximum absolute atomic E-state index is 5.38. The van der Waals surface area contributed by atoms with E-state index < -0.39 is 0 Å². The minimum Gasteiger partial charge on any atom is -0.383 e. The predicted molar refractivity (Wildman–Crippen MR) is 70.4 cm³/mol. The molecule has 102 valence electrons. The predicted octanol–water partition coefficient (Wildman–Crippen LogP) is 0.971. The van der Waals surface area contributed by atoms with Crippen LogP contribution in [-0.4, -0.2) is 65.1 Å². The van der Waals surface area contributed by atoms with Crippen LogP contribution >= 0.6 is 0 Å². The normalized spacial score (nSPS) is 17.8. The summed E-state index contributed by atoms with van der Waals surface area (Å²) in [5.41, 5.74) is 0. The molecule has 0 unspecified atom stereocenters. The average Bonchev–Trinajstić information content (AvgIpc) is 2.35. The van der Waals surface area contributed by atoms with Crippen molar-refractivity contribution in [3.8, 4) is 0 Å². The van der Waals surface area contributed by atoms with Crippen LogP contribution < -0.4 is 5.32 Å². The summed E-state index contributed by atoms with van der Waals surface area (Å²) in [6.07, 6.45) is 3.68. The van der Waals surface area contributed by atoms with Crippen LogP contribution in [0.3, 0.4) is 0 Å². The number of nitrogens with zero attached hydrogens (tertiary/aromatic N) is 1. The van der Waals surface area contributed by atoms with Gasteiger partial charge in [0.2, 0.25) is 0 Å². The first-order chi connectivity index (χ1) is 8.33. The number of methoxy groups -OCH3 is 1. The molecular formula is C13H28N2O2. The molecule has 1 N–H and O–H groups in total. The Bertz CT molecular complexity index is 173. The summed E-state index contributed by atoms with van der Waals surface area (Å²) in [5.74, 6) is 0.843. The van der Waals surface area contributed by atoms with Gasteiger partial charge in [0.05, 0.1) is 6.61 Å². The summed E-state index contributed by atoms with van der Waals surface area (Å²) >= 11 is 0. The minimum atomic E-state index is 0.803. The van der Waals surface area contributed by atoms with Gasteiger partial charge in [-0.15, -0.1) is 0 Å². The molecule has 0 aromatic heterocycles. The fourth-order valence-corrected chi connectivity index (χ4v) is 2.23. The minimum absolute atomic E-state index is 0.803. The Morgan fingerprint density at radius 3 is 2.76 bits per heavy atom. The highest BCUT2D eigenvalue weighted by Crippen LogP contribution is 2.15. The van der Waals surface area contributed by atoms with Crippen molar-refractivity contribution in [3.05, 3.63) is 0 Å². The number of ether oxygens (including phenoxy) is 2. The van der Waals surface area contributed by atoms with E-state index in [1.165, 1.54) is 32.4 Å². The Morgan fingerprint density at radius 1 is 1.29 bits per heavy atom. The van der Waals surface area contributed by atoms with Crippen LogP contribution in [0.15, 0.2) is 0 Å². The van der Waals surface area contributed by atoms with Gasteiger partial charge in [-0.05, 0) is 45.3 Å². The van der Waals surface area contributed by atoms with E-state index in [0.29, 0.717) is 0 Å². The average molecular weight is 244 g/mol. The van der Waals surface area contributed by atoms with Crippen LogP contribution in [0.5, 0.6) is 0 Å². The number of nitrogens with one attached hydrogen (secondary N) is 1. The molecule has 0 aromatic rings. The Balaban J connectivity index is 1.91. The molecule has 0 aliphatic carbocycles. The highest BCUT2D eigenvalue weighted by molar-refractivity contribution is 4.67. The summed E-state index contributed by atoms with van der Waals surface area (Å²) in [5, 5.41) is 3.37. The number of hydrogen-bond donors (Lipinski definition) is 1. The fourth-order valence-electron chi connectivity index (χ4n) is 2.23. The van der Waals surface area contributed by atoms with E-state index in [-0.39, 0.29) is 0 Å². The van der Waals surface area contributed by atoms with E-state index in [1.54, 1.807) is 7.11 Å². The number of rotatable bonds is 9. The fraction of sp³-hybridized carbons (Fsp3) is 1.00. The van der Waals surface area contributed by atoms with Gasteiger partial charge < -0.3 is 19.7 Å². The lowest BCUT2D eigenvalue weighted by Crippen LogP contribution is -2.32. The molecule has 0 atom stereocenters. The summed E-state index contributed by atoms with van der Waals surface area (Å²) in [7, 11) is 3.97. The largest absolute Gasteiger partial charge is 0.383 e. The lowest BCUT2D eigenvalue weighted by Gasteiger charge is -2.27. The maximum atomic E-state index is 5.38. The highest BCUT2D eigenvalue weighted by atomic mass is 16.5. The van der Waals surface area contributed by atoms with Gasteiger partial charge in [-0.1, -0.05) is 0 Å². The summed E-state index contributed by atoms with van der Waals surface area (Å²) < 4.78 is 10.4. The SMILES string of the molecule is COCCNCCCN(C)CC1CCOCC1. The molecule has 0 amide bonds. The van der Waals surface area contributed by atoms with Crippen molar-refractivity contribution in [2.45, 2.75) is 19.3 Å². The number of hydrogen-bond acceptors (Lipinski definition) is 4. The zero-order valence-corrected chi connectivity index (χ0v) is 11.4. The van der Waals surface area contributed by atoms with Crippen molar-refractivity contribution >= 4 is 0 Å². The topological polar surface area (TPSA) is 33.7 Å². The van der Waals surface area contributed by atoms with Gasteiger partial charge in [0.25, 0.3) is 0 Å². The van der Waals surface area contributed by atoms with Crippen LogP contribution in [0.4, 0.5) is 0 Å². The van der Waals surface area contributed by atoms with Crippen LogP contribution in [0.1, 0.15) is 19.3 Å². The first kappa shape index (κ1) is 14.9. The van der Waals surface area contributed by atoms with E-state index in [1.807, 2.05) is 0 Å². The molecule has 0 radical (unpaired) electrons. The third kappa shape index (κ3) is 7.71. The molecule has 17 heavy (non-hydrogen) atoms. The molecule has 1 saturated heterocycles. The van der Waals surface area contributed by atoms with E-state index >= 15 is 0 Å². The van der Waals surface area contributed by atoms with Gasteiger partial charge in [-0.3, -0.25) is 0 Å². The third-order valence-corrected chi connectivity index (χ3v) is 3.29. The van der Waals surface area contributed by atoms with Gasteiger partial charge >= 0.3 is 0 Å². The van der Waals surface area contributed by atoms with Crippen molar-refractivity contribution in [1.82, 2.24) is 10.2 Å². The zero-order chi connectivity index (χ0) is 12.3. The van der Waals surface area contributed by atoms with Gasteiger partial charge in [-0.25, -0.2) is 0 Å². The Hall–Kier alpha value is -0.160. The molecule has 0 saturated carbocycles. The van der Waals surface area contributed by atoms with Crippen molar-refractivity contribution in [2.75, 3.05) is 60.2 Å². The second-order valence-corrected chi connectivity index (χ2v) is 4.91. The van der Waals surface area contributed by atoms with Crippen LogP contribution in [0.2, 0.25) is 0 Å². The molecule has 1 heterocycles. The third-order valence-electron chi connectivity index (χ3n) is 3.29. The molecule has 0 spiro atoms. The Labute approximate surface area is 106 Å². The summed E-state index contributed by atoms with van der Waals surface area (Å²) in [6.45, 7) is 7.16. The van der Waals surface area contributed by atoms with Crippen molar-refractivity contribution in [3.63, 3.8) is 0 Å². The lowest BCUT2D eigenvalue weighted by molar-refractivity contribution is 0.0556. The molecule has 1 aliphatic heterocycles. The standard InChI is InChI=1S/C13H28N2O2/c1-15(8-3-6-14-7-11-16-2)12-13-4-9-17-10-5-13/h13-14H,3-12H2,1-2H3. The molecular weight excluding hydrogens is 216 g/mol. The van der Waals surface area contributed by atoms with E-state index in [9.17, 15) is 0 Å². The quantitative estimate of drug-likeness (QED) is 0.613. The van der Waals surface area contributed by atoms with Crippen molar-refractivity contribution in [1.29, 1.82) is 0 Å². The van der Waals surface area contributed by atoms with Crippen molar-refractivity contribution in [2.24, 2.45) is 5.92 Å². The first-order valence-corrected chi connectivity index (χ1v) is 6.79.